The van der Waals surface area contributed by atoms with Gasteiger partial charge in [0.25, 0.3) is 0 Å². The van der Waals surface area contributed by atoms with Gasteiger partial charge in [-0.25, -0.2) is 0 Å². The van der Waals surface area contributed by atoms with Gasteiger partial charge < -0.3 is 10.6 Å². The number of rotatable bonds is 6. The highest BCUT2D eigenvalue weighted by molar-refractivity contribution is 5.81. The van der Waals surface area contributed by atoms with Gasteiger partial charge in [-0.3, -0.25) is 4.79 Å². The third kappa shape index (κ3) is 4.30. The standard InChI is InChI=1S/C14H28N2O/c1-4-13(15)14(17)16(10-9-11(2)3)12-7-5-6-8-12/h11-13H,4-10,15H2,1-3H3/t13-/m0/s1. The van der Waals surface area contributed by atoms with Crippen molar-refractivity contribution < 1.29 is 4.79 Å². The first-order valence-corrected chi connectivity index (χ1v) is 7.12. The predicted molar refractivity (Wildman–Crippen MR) is 71.7 cm³/mol. The Kier molecular flexibility index (Phi) is 5.96. The van der Waals surface area contributed by atoms with Crippen LogP contribution >= 0.6 is 0 Å². The van der Waals surface area contributed by atoms with E-state index in [4.69, 9.17) is 5.73 Å². The zero-order valence-corrected chi connectivity index (χ0v) is 11.6. The van der Waals surface area contributed by atoms with Gasteiger partial charge in [-0.15, -0.1) is 0 Å². The van der Waals surface area contributed by atoms with E-state index >= 15 is 0 Å². The molecule has 0 aliphatic heterocycles. The van der Waals surface area contributed by atoms with E-state index in [-0.39, 0.29) is 11.9 Å². The summed E-state index contributed by atoms with van der Waals surface area (Å²) in [7, 11) is 0. The molecule has 2 N–H and O–H groups in total. The van der Waals surface area contributed by atoms with E-state index < -0.39 is 0 Å². The van der Waals surface area contributed by atoms with Gasteiger partial charge in [0.2, 0.25) is 5.91 Å². The molecule has 0 bridgehead atoms. The molecular weight excluding hydrogens is 212 g/mol. The molecule has 100 valence electrons. The molecule has 1 aliphatic rings. The summed E-state index contributed by atoms with van der Waals surface area (Å²) in [5, 5.41) is 0. The molecule has 0 aromatic carbocycles. The summed E-state index contributed by atoms with van der Waals surface area (Å²) in [4.78, 5) is 14.3. The van der Waals surface area contributed by atoms with Gasteiger partial charge in [-0.1, -0.05) is 33.6 Å². The minimum absolute atomic E-state index is 0.167. The molecule has 0 aromatic heterocycles. The van der Waals surface area contributed by atoms with E-state index in [0.717, 1.165) is 19.4 Å². The van der Waals surface area contributed by atoms with Crippen LogP contribution in [-0.4, -0.2) is 29.4 Å². The lowest BCUT2D eigenvalue weighted by atomic mass is 10.1. The van der Waals surface area contributed by atoms with Crippen LogP contribution in [0.1, 0.15) is 59.3 Å². The van der Waals surface area contributed by atoms with E-state index in [1.165, 1.54) is 25.7 Å². The van der Waals surface area contributed by atoms with Crippen molar-refractivity contribution >= 4 is 5.91 Å². The lowest BCUT2D eigenvalue weighted by Gasteiger charge is -2.31. The fraction of sp³-hybridized carbons (Fsp3) is 0.929. The molecule has 17 heavy (non-hydrogen) atoms. The molecular formula is C14H28N2O. The molecule has 0 unspecified atom stereocenters. The first-order valence-electron chi connectivity index (χ1n) is 7.12. The van der Waals surface area contributed by atoms with Gasteiger partial charge in [-0.05, 0) is 31.6 Å². The maximum atomic E-state index is 12.3. The zero-order chi connectivity index (χ0) is 12.8. The van der Waals surface area contributed by atoms with Crippen LogP contribution in [0.15, 0.2) is 0 Å². The van der Waals surface area contributed by atoms with Crippen LogP contribution in [0.25, 0.3) is 0 Å². The molecule has 0 spiro atoms. The highest BCUT2D eigenvalue weighted by atomic mass is 16.2. The number of carbonyl (C=O) groups excluding carboxylic acids is 1. The number of carbonyl (C=O) groups is 1. The van der Waals surface area contributed by atoms with Crippen molar-refractivity contribution in [2.45, 2.75) is 71.4 Å². The monoisotopic (exact) mass is 240 g/mol. The maximum Gasteiger partial charge on any atom is 0.239 e. The fourth-order valence-corrected chi connectivity index (χ4v) is 2.47. The number of hydrogen-bond donors (Lipinski definition) is 1. The van der Waals surface area contributed by atoms with E-state index in [9.17, 15) is 4.79 Å². The molecule has 0 heterocycles. The SMILES string of the molecule is CC[C@H](N)C(=O)N(CCC(C)C)C1CCCC1. The lowest BCUT2D eigenvalue weighted by molar-refractivity contribution is -0.135. The Morgan fingerprint density at radius 2 is 1.94 bits per heavy atom. The molecule has 3 heteroatoms. The van der Waals surface area contributed by atoms with Crippen molar-refractivity contribution in [3.8, 4) is 0 Å². The number of hydrogen-bond acceptors (Lipinski definition) is 2. The zero-order valence-electron chi connectivity index (χ0n) is 11.6. The van der Waals surface area contributed by atoms with Gasteiger partial charge in [0.15, 0.2) is 0 Å². The molecule has 1 rings (SSSR count). The summed E-state index contributed by atoms with van der Waals surface area (Å²) in [5.41, 5.74) is 5.90. The van der Waals surface area contributed by atoms with Crippen LogP contribution in [0.5, 0.6) is 0 Å². The Labute approximate surface area is 106 Å². The van der Waals surface area contributed by atoms with Crippen molar-refractivity contribution in [3.05, 3.63) is 0 Å². The molecule has 1 atom stereocenters. The molecule has 0 radical (unpaired) electrons. The van der Waals surface area contributed by atoms with Crippen LogP contribution in [0.2, 0.25) is 0 Å². The van der Waals surface area contributed by atoms with Gasteiger partial charge in [-0.2, -0.15) is 0 Å². The Morgan fingerprint density at radius 3 is 2.41 bits per heavy atom. The van der Waals surface area contributed by atoms with Crippen LogP contribution in [0, 0.1) is 5.92 Å². The lowest BCUT2D eigenvalue weighted by Crippen LogP contribution is -2.48. The first-order chi connectivity index (χ1) is 8.06. The second kappa shape index (κ2) is 7.00. The van der Waals surface area contributed by atoms with E-state index in [2.05, 4.69) is 18.7 Å². The highest BCUT2D eigenvalue weighted by Crippen LogP contribution is 2.24. The molecule has 0 saturated heterocycles. The van der Waals surface area contributed by atoms with Gasteiger partial charge in [0.1, 0.15) is 0 Å². The molecule has 3 nitrogen and oxygen atoms in total. The maximum absolute atomic E-state index is 12.3. The van der Waals surface area contributed by atoms with Crippen LogP contribution < -0.4 is 5.73 Å². The summed E-state index contributed by atoms with van der Waals surface area (Å²) in [5.74, 6) is 0.810. The van der Waals surface area contributed by atoms with Gasteiger partial charge in [0.05, 0.1) is 6.04 Å². The molecule has 1 aliphatic carbocycles. The smallest absolute Gasteiger partial charge is 0.239 e. The predicted octanol–water partition coefficient (Wildman–Crippen LogP) is 2.54. The number of nitrogens with two attached hydrogens (primary N) is 1. The van der Waals surface area contributed by atoms with Crippen LogP contribution in [0.3, 0.4) is 0 Å². The molecule has 1 fully saturated rings. The first kappa shape index (κ1) is 14.5. The third-order valence-electron chi connectivity index (χ3n) is 3.75. The number of nitrogens with zero attached hydrogens (tertiary/aromatic N) is 1. The summed E-state index contributed by atoms with van der Waals surface area (Å²) in [6, 6.07) is 0.154. The quantitative estimate of drug-likeness (QED) is 0.775. The summed E-state index contributed by atoms with van der Waals surface area (Å²) in [6.45, 7) is 7.28. The molecule has 1 saturated carbocycles. The summed E-state index contributed by atoms with van der Waals surface area (Å²) < 4.78 is 0. The second-order valence-corrected chi connectivity index (χ2v) is 5.67. The van der Waals surface area contributed by atoms with E-state index in [1.807, 2.05) is 6.92 Å². The normalized spacial score (nSPS) is 18.6. The topological polar surface area (TPSA) is 46.3 Å². The summed E-state index contributed by atoms with van der Waals surface area (Å²) in [6.07, 6.45) is 6.68. The second-order valence-electron chi connectivity index (χ2n) is 5.67. The Bertz CT molecular complexity index is 234. The largest absolute Gasteiger partial charge is 0.338 e. The van der Waals surface area contributed by atoms with Gasteiger partial charge in [0, 0.05) is 12.6 Å². The van der Waals surface area contributed by atoms with Crippen molar-refractivity contribution in [3.63, 3.8) is 0 Å². The Balaban J connectivity index is 2.60. The van der Waals surface area contributed by atoms with Crippen molar-refractivity contribution in [2.24, 2.45) is 11.7 Å². The van der Waals surface area contributed by atoms with Crippen LogP contribution in [0.4, 0.5) is 0 Å². The molecule has 0 aromatic rings. The van der Waals surface area contributed by atoms with Gasteiger partial charge >= 0.3 is 0 Å². The minimum Gasteiger partial charge on any atom is -0.338 e. The van der Waals surface area contributed by atoms with Crippen molar-refractivity contribution in [1.29, 1.82) is 0 Å². The highest BCUT2D eigenvalue weighted by Gasteiger charge is 2.28. The van der Waals surface area contributed by atoms with Crippen molar-refractivity contribution in [1.82, 2.24) is 4.90 Å². The average molecular weight is 240 g/mol. The third-order valence-corrected chi connectivity index (χ3v) is 3.75. The average Bonchev–Trinajstić information content (AvgIpc) is 2.81. The summed E-state index contributed by atoms with van der Waals surface area (Å²) >= 11 is 0. The van der Waals surface area contributed by atoms with E-state index in [0.29, 0.717) is 12.0 Å². The Morgan fingerprint density at radius 1 is 1.35 bits per heavy atom. The van der Waals surface area contributed by atoms with Crippen LogP contribution in [-0.2, 0) is 4.79 Å². The van der Waals surface area contributed by atoms with Crippen molar-refractivity contribution in [2.75, 3.05) is 6.54 Å². The molecule has 1 amide bonds. The number of amides is 1. The fourth-order valence-electron chi connectivity index (χ4n) is 2.47. The minimum atomic E-state index is -0.303. The Hall–Kier alpha value is -0.570. The van der Waals surface area contributed by atoms with E-state index in [1.54, 1.807) is 0 Å².